The van der Waals surface area contributed by atoms with Gasteiger partial charge in [0.25, 0.3) is 5.91 Å². The van der Waals surface area contributed by atoms with Gasteiger partial charge < -0.3 is 10.1 Å². The Hall–Kier alpha value is -3.35. The van der Waals surface area contributed by atoms with Crippen LogP contribution in [0.15, 0.2) is 54.6 Å². The van der Waals surface area contributed by atoms with Crippen LogP contribution in [0.4, 0.5) is 0 Å². The molecule has 0 aliphatic heterocycles. The lowest BCUT2D eigenvalue weighted by Gasteiger charge is -2.09. The van der Waals surface area contributed by atoms with Gasteiger partial charge in [0, 0.05) is 24.9 Å². The molecule has 0 aromatic heterocycles. The number of hydrazine groups is 1. The van der Waals surface area contributed by atoms with Crippen LogP contribution in [0, 0.1) is 0 Å². The lowest BCUT2D eigenvalue weighted by Crippen LogP contribution is -2.42. The third-order valence-corrected chi connectivity index (χ3v) is 4.86. The molecule has 0 spiro atoms. The fourth-order valence-electron chi connectivity index (χ4n) is 2.97. The summed E-state index contributed by atoms with van der Waals surface area (Å²) in [6.07, 6.45) is 5.88. The number of carbonyl (C=O) groups excluding carboxylic acids is 3. The van der Waals surface area contributed by atoms with Gasteiger partial charge in [0.15, 0.2) is 0 Å². The molecule has 7 heteroatoms. The second-order valence-electron chi connectivity index (χ2n) is 7.55. The van der Waals surface area contributed by atoms with E-state index in [1.54, 1.807) is 24.3 Å². The van der Waals surface area contributed by atoms with Crippen LogP contribution in [0.25, 0.3) is 0 Å². The van der Waals surface area contributed by atoms with E-state index >= 15 is 0 Å². The minimum atomic E-state index is -0.434. The first-order valence-electron chi connectivity index (χ1n) is 11.2. The average Bonchev–Trinajstić information content (AvgIpc) is 2.83. The van der Waals surface area contributed by atoms with Gasteiger partial charge in [-0.05, 0) is 36.2 Å². The molecule has 2 aromatic rings. The van der Waals surface area contributed by atoms with Crippen molar-refractivity contribution in [2.75, 3.05) is 6.61 Å². The Kier molecular flexibility index (Phi) is 11.4. The van der Waals surface area contributed by atoms with E-state index in [-0.39, 0.29) is 18.7 Å². The number of benzene rings is 2. The number of carbonyl (C=O) groups is 3. The highest BCUT2D eigenvalue weighted by Crippen LogP contribution is 2.13. The van der Waals surface area contributed by atoms with Gasteiger partial charge in [-0.15, -0.1) is 0 Å². The molecule has 7 nitrogen and oxygen atoms in total. The van der Waals surface area contributed by atoms with Crippen LogP contribution in [0.5, 0.6) is 5.75 Å². The van der Waals surface area contributed by atoms with Crippen molar-refractivity contribution in [1.82, 2.24) is 16.2 Å². The molecular weight excluding hydrogens is 406 g/mol. The Morgan fingerprint density at radius 3 is 2.19 bits per heavy atom. The number of hydrogen-bond donors (Lipinski definition) is 3. The molecule has 3 amide bonds. The molecule has 0 saturated heterocycles. The van der Waals surface area contributed by atoms with Crippen LogP contribution >= 0.6 is 0 Å². The second-order valence-corrected chi connectivity index (χ2v) is 7.55. The van der Waals surface area contributed by atoms with Crippen molar-refractivity contribution >= 4 is 17.7 Å². The quantitative estimate of drug-likeness (QED) is 0.326. The maximum Gasteiger partial charge on any atom is 0.269 e. The first kappa shape index (κ1) is 24.9. The lowest BCUT2D eigenvalue weighted by molar-refractivity contribution is -0.126. The number of rotatable bonds is 13. The lowest BCUT2D eigenvalue weighted by atomic mass is 10.2. The van der Waals surface area contributed by atoms with Gasteiger partial charge in [0.2, 0.25) is 11.8 Å². The number of unbranched alkanes of at least 4 members (excludes halogenated alkanes) is 4. The maximum atomic E-state index is 12.2. The predicted molar refractivity (Wildman–Crippen MR) is 124 cm³/mol. The van der Waals surface area contributed by atoms with Crippen molar-refractivity contribution < 1.29 is 19.1 Å². The summed E-state index contributed by atoms with van der Waals surface area (Å²) in [6.45, 7) is 3.26. The van der Waals surface area contributed by atoms with Gasteiger partial charge in [-0.25, -0.2) is 0 Å². The van der Waals surface area contributed by atoms with Crippen molar-refractivity contribution in [1.29, 1.82) is 0 Å². The highest BCUT2D eigenvalue weighted by molar-refractivity contribution is 5.95. The summed E-state index contributed by atoms with van der Waals surface area (Å²) < 4.78 is 5.68. The van der Waals surface area contributed by atoms with E-state index in [1.165, 1.54) is 19.3 Å². The van der Waals surface area contributed by atoms with E-state index in [0.717, 1.165) is 18.4 Å². The number of ether oxygens (including phenoxy) is 1. The van der Waals surface area contributed by atoms with Crippen LogP contribution < -0.4 is 20.9 Å². The van der Waals surface area contributed by atoms with Crippen LogP contribution in [0.3, 0.4) is 0 Å². The molecule has 32 heavy (non-hydrogen) atoms. The molecule has 0 bridgehead atoms. The molecule has 0 fully saturated rings. The highest BCUT2D eigenvalue weighted by Gasteiger charge is 2.10. The zero-order chi connectivity index (χ0) is 23.0. The minimum Gasteiger partial charge on any atom is -0.494 e. The summed E-state index contributed by atoms with van der Waals surface area (Å²) in [5.41, 5.74) is 6.09. The van der Waals surface area contributed by atoms with Crippen molar-refractivity contribution in [2.24, 2.45) is 0 Å². The van der Waals surface area contributed by atoms with Crippen molar-refractivity contribution in [3.8, 4) is 5.75 Å². The molecule has 0 heterocycles. The van der Waals surface area contributed by atoms with E-state index in [4.69, 9.17) is 4.74 Å². The first-order chi connectivity index (χ1) is 15.6. The Morgan fingerprint density at radius 2 is 1.47 bits per heavy atom. The maximum absolute atomic E-state index is 12.2. The van der Waals surface area contributed by atoms with Gasteiger partial charge in [-0.2, -0.15) is 0 Å². The number of nitrogens with one attached hydrogen (secondary N) is 3. The highest BCUT2D eigenvalue weighted by atomic mass is 16.5. The van der Waals surface area contributed by atoms with E-state index in [1.807, 2.05) is 30.3 Å². The molecule has 0 aliphatic carbocycles. The molecule has 2 rings (SSSR count). The van der Waals surface area contributed by atoms with Crippen LogP contribution in [-0.4, -0.2) is 24.3 Å². The number of hydrogen-bond acceptors (Lipinski definition) is 4. The van der Waals surface area contributed by atoms with Gasteiger partial charge in [-0.3, -0.25) is 25.2 Å². The predicted octanol–water partition coefficient (Wildman–Crippen LogP) is 3.89. The van der Waals surface area contributed by atoms with Crippen LogP contribution in [0.1, 0.15) is 67.8 Å². The van der Waals surface area contributed by atoms with Gasteiger partial charge in [0.05, 0.1) is 6.61 Å². The monoisotopic (exact) mass is 439 g/mol. The largest absolute Gasteiger partial charge is 0.494 e. The van der Waals surface area contributed by atoms with Gasteiger partial charge in [-0.1, -0.05) is 62.9 Å². The smallest absolute Gasteiger partial charge is 0.269 e. The molecule has 2 aromatic carbocycles. The van der Waals surface area contributed by atoms with E-state index in [2.05, 4.69) is 23.1 Å². The third-order valence-electron chi connectivity index (χ3n) is 4.86. The summed E-state index contributed by atoms with van der Waals surface area (Å²) in [5.74, 6) is -0.381. The SMILES string of the molecule is CCCCCCCOc1ccc(C(=O)NNC(=O)CCC(=O)NCc2ccccc2)cc1. The van der Waals surface area contributed by atoms with Crippen molar-refractivity contribution in [3.63, 3.8) is 0 Å². The number of amides is 3. The zero-order valence-electron chi connectivity index (χ0n) is 18.7. The summed E-state index contributed by atoms with van der Waals surface area (Å²) in [4.78, 5) is 35.9. The third kappa shape index (κ3) is 10.1. The van der Waals surface area contributed by atoms with E-state index in [0.29, 0.717) is 24.5 Å². The van der Waals surface area contributed by atoms with Crippen LogP contribution in [0.2, 0.25) is 0 Å². The summed E-state index contributed by atoms with van der Waals surface area (Å²) >= 11 is 0. The molecule has 0 unspecified atom stereocenters. The molecule has 3 N–H and O–H groups in total. The van der Waals surface area contributed by atoms with Gasteiger partial charge in [0.1, 0.15) is 5.75 Å². The van der Waals surface area contributed by atoms with Crippen LogP contribution in [-0.2, 0) is 16.1 Å². The second kappa shape index (κ2) is 14.6. The standard InChI is InChI=1S/C25H33N3O4/c1-2-3-4-5-9-18-32-22-14-12-21(13-15-22)25(31)28-27-24(30)17-16-23(29)26-19-20-10-7-6-8-11-20/h6-8,10-15H,2-5,9,16-19H2,1H3,(H,26,29)(H,27,30)(H,28,31). The fraction of sp³-hybridized carbons (Fsp3) is 0.400. The Labute approximate surface area is 189 Å². The van der Waals surface area contributed by atoms with Crippen molar-refractivity contribution in [3.05, 3.63) is 65.7 Å². The molecule has 0 atom stereocenters. The molecule has 172 valence electrons. The Balaban J connectivity index is 1.60. The first-order valence-corrected chi connectivity index (χ1v) is 11.2. The van der Waals surface area contributed by atoms with E-state index in [9.17, 15) is 14.4 Å². The normalized spacial score (nSPS) is 10.3. The fourth-order valence-corrected chi connectivity index (χ4v) is 2.97. The summed E-state index contributed by atoms with van der Waals surface area (Å²) in [6, 6.07) is 16.3. The molecule has 0 saturated carbocycles. The summed E-state index contributed by atoms with van der Waals surface area (Å²) in [7, 11) is 0. The molecular formula is C25H33N3O4. The Bertz CT molecular complexity index is 838. The molecule has 0 radical (unpaired) electrons. The van der Waals surface area contributed by atoms with Crippen molar-refractivity contribution in [2.45, 2.75) is 58.4 Å². The molecule has 0 aliphatic rings. The average molecular weight is 440 g/mol. The topological polar surface area (TPSA) is 96.5 Å². The van der Waals surface area contributed by atoms with E-state index < -0.39 is 11.8 Å². The van der Waals surface area contributed by atoms with Gasteiger partial charge >= 0.3 is 0 Å². The zero-order valence-corrected chi connectivity index (χ0v) is 18.7. The minimum absolute atomic E-state index is 0.0219. The summed E-state index contributed by atoms with van der Waals surface area (Å²) in [5, 5.41) is 2.76. The Morgan fingerprint density at radius 1 is 0.781 bits per heavy atom.